The van der Waals surface area contributed by atoms with E-state index in [4.69, 9.17) is 15.0 Å². The van der Waals surface area contributed by atoms with Gasteiger partial charge in [0.1, 0.15) is 0 Å². The Kier molecular flexibility index (Phi) is 9.96. The molecule has 0 bridgehead atoms. The number of alkyl halides is 6. The first-order chi connectivity index (χ1) is 5.93. The molecule has 0 aliphatic heterocycles. The summed E-state index contributed by atoms with van der Waals surface area (Å²) in [6, 6.07) is 0. The van der Waals surface area contributed by atoms with Crippen molar-refractivity contribution in [1.29, 1.82) is 0 Å². The average molecular weight is 250 g/mol. The Morgan fingerprint density at radius 3 is 1.47 bits per heavy atom. The average Bonchev–Trinajstić information content (AvgIpc) is 1.82. The van der Waals surface area contributed by atoms with Crippen molar-refractivity contribution in [2.75, 3.05) is 0 Å². The molecule has 0 aliphatic carbocycles. The third-order valence-electron chi connectivity index (χ3n) is 0.687. The van der Waals surface area contributed by atoms with Gasteiger partial charge in [0.25, 0.3) is 0 Å². The normalized spacial score (nSPS) is 14.5. The second-order valence-electron chi connectivity index (χ2n) is 1.96. The van der Waals surface area contributed by atoms with Crippen molar-refractivity contribution in [3.05, 3.63) is 0 Å². The van der Waals surface area contributed by atoms with Crippen LogP contribution in [-0.4, -0.2) is 29.5 Å². The number of hydrogen-bond acceptors (Lipinski definition) is 3. The summed E-state index contributed by atoms with van der Waals surface area (Å²) < 4.78 is 66.3. The van der Waals surface area contributed by atoms with Gasteiger partial charge in [0, 0.05) is 5.97 Å². The molecule has 1 unspecified atom stereocenters. The summed E-state index contributed by atoms with van der Waals surface area (Å²) in [5, 5.41) is 16.3. The third kappa shape index (κ3) is 8.97. The summed E-state index contributed by atoms with van der Waals surface area (Å²) in [4.78, 5) is 8.89. The molecule has 0 rings (SSSR count). The zero-order chi connectivity index (χ0) is 12.2. The number of rotatable bonds is 1. The summed E-state index contributed by atoms with van der Waals surface area (Å²) in [7, 11) is 0. The number of aliphatic hydroxyl groups is 1. The molecule has 0 radical (unpaired) electrons. The Balaban J connectivity index is -0.000000249. The fourth-order valence-electron chi connectivity index (χ4n) is 0.124. The van der Waals surface area contributed by atoms with Crippen LogP contribution in [0.15, 0.2) is 0 Å². The monoisotopic (exact) mass is 250 g/mol. The fourth-order valence-corrected chi connectivity index (χ4v) is 0.124. The second kappa shape index (κ2) is 7.31. The SMILES string of the molecule is CC(=O)[O-].OC(F)(C(F)F)C(F)(F)F.[Na+]. The van der Waals surface area contributed by atoms with Gasteiger partial charge in [0.05, 0.1) is 0 Å². The maximum absolute atomic E-state index is 11.4. The van der Waals surface area contributed by atoms with E-state index in [1.807, 2.05) is 0 Å². The van der Waals surface area contributed by atoms with E-state index in [2.05, 4.69) is 0 Å². The molecule has 0 aromatic rings. The molecule has 86 valence electrons. The summed E-state index contributed by atoms with van der Waals surface area (Å²) in [5.41, 5.74) is 0. The minimum Gasteiger partial charge on any atom is -0.550 e. The Labute approximate surface area is 102 Å². The van der Waals surface area contributed by atoms with Crippen LogP contribution in [0.3, 0.4) is 0 Å². The minimum absolute atomic E-state index is 0. The predicted molar refractivity (Wildman–Crippen MR) is 28.8 cm³/mol. The molecule has 10 heteroatoms. The number of halogens is 6. The first-order valence-corrected chi connectivity index (χ1v) is 2.86. The number of carboxylic acids is 1. The van der Waals surface area contributed by atoms with E-state index in [-0.39, 0.29) is 29.6 Å². The van der Waals surface area contributed by atoms with Crippen LogP contribution in [0.2, 0.25) is 0 Å². The van der Waals surface area contributed by atoms with E-state index in [9.17, 15) is 26.3 Å². The van der Waals surface area contributed by atoms with E-state index >= 15 is 0 Å². The van der Waals surface area contributed by atoms with E-state index in [0.717, 1.165) is 6.92 Å². The Morgan fingerprint density at radius 2 is 1.47 bits per heavy atom. The zero-order valence-corrected chi connectivity index (χ0v) is 9.61. The first kappa shape index (κ1) is 20.4. The van der Waals surface area contributed by atoms with Crippen molar-refractivity contribution >= 4 is 5.97 Å². The van der Waals surface area contributed by atoms with Crippen molar-refractivity contribution in [2.45, 2.75) is 25.4 Å². The largest absolute Gasteiger partial charge is 1.00 e. The number of carboxylic acid groups (broad SMARTS) is 1. The van der Waals surface area contributed by atoms with Crippen molar-refractivity contribution in [1.82, 2.24) is 0 Å². The van der Waals surface area contributed by atoms with Gasteiger partial charge < -0.3 is 15.0 Å². The Bertz CT molecular complexity index is 188. The molecule has 3 nitrogen and oxygen atoms in total. The summed E-state index contributed by atoms with van der Waals surface area (Å²) in [6.45, 7) is 0.972. The summed E-state index contributed by atoms with van der Waals surface area (Å²) >= 11 is 0. The molecule has 0 spiro atoms. The predicted octanol–water partition coefficient (Wildman–Crippen LogP) is -2.77. The van der Waals surface area contributed by atoms with Gasteiger partial charge in [-0.25, -0.2) is 8.78 Å². The van der Waals surface area contributed by atoms with Gasteiger partial charge in [0.2, 0.25) is 0 Å². The topological polar surface area (TPSA) is 60.4 Å². The molecular formula is C5H5F6NaO3. The number of carbonyl (C=O) groups excluding carboxylic acids is 1. The third-order valence-corrected chi connectivity index (χ3v) is 0.687. The van der Waals surface area contributed by atoms with Crippen LogP contribution < -0.4 is 34.7 Å². The van der Waals surface area contributed by atoms with Gasteiger partial charge in [-0.1, -0.05) is 0 Å². The maximum atomic E-state index is 11.4. The smallest absolute Gasteiger partial charge is 0.550 e. The van der Waals surface area contributed by atoms with Crippen LogP contribution in [0.1, 0.15) is 6.92 Å². The van der Waals surface area contributed by atoms with Gasteiger partial charge in [-0.15, -0.1) is 0 Å². The van der Waals surface area contributed by atoms with E-state index < -0.39 is 24.4 Å². The minimum atomic E-state index is -5.94. The van der Waals surface area contributed by atoms with Crippen LogP contribution in [0.5, 0.6) is 0 Å². The van der Waals surface area contributed by atoms with Crippen molar-refractivity contribution < 1.29 is 70.9 Å². The molecule has 0 aliphatic rings. The van der Waals surface area contributed by atoms with Gasteiger partial charge >= 0.3 is 48.0 Å². The van der Waals surface area contributed by atoms with Crippen LogP contribution in [-0.2, 0) is 4.79 Å². The molecule has 0 aromatic heterocycles. The van der Waals surface area contributed by atoms with E-state index in [1.165, 1.54) is 0 Å². The standard InChI is InChI=1S/C3H2F6O.C2H4O2.Na/c4-1(5)2(6,10)3(7,8)9;1-2(3)4;/h1,10H;1H3,(H,3,4);/q;;+1/p-1. The summed E-state index contributed by atoms with van der Waals surface area (Å²) in [5.74, 6) is -6.48. The van der Waals surface area contributed by atoms with Gasteiger partial charge in [0.15, 0.2) is 0 Å². The maximum Gasteiger partial charge on any atom is 1.00 e. The van der Waals surface area contributed by atoms with Crippen molar-refractivity contribution in [3.8, 4) is 0 Å². The second-order valence-corrected chi connectivity index (χ2v) is 1.96. The molecule has 1 atom stereocenters. The zero-order valence-electron chi connectivity index (χ0n) is 7.61. The molecular weight excluding hydrogens is 245 g/mol. The van der Waals surface area contributed by atoms with Crippen molar-refractivity contribution in [2.24, 2.45) is 0 Å². The number of carbonyl (C=O) groups is 1. The van der Waals surface area contributed by atoms with E-state index in [0.29, 0.717) is 0 Å². The molecule has 0 saturated carbocycles. The molecule has 0 amide bonds. The van der Waals surface area contributed by atoms with Crippen LogP contribution in [0.4, 0.5) is 26.3 Å². The van der Waals surface area contributed by atoms with Gasteiger partial charge in [-0.2, -0.15) is 17.6 Å². The molecule has 0 fully saturated rings. The van der Waals surface area contributed by atoms with Gasteiger partial charge in [-0.3, -0.25) is 0 Å². The molecule has 0 heterocycles. The molecule has 15 heavy (non-hydrogen) atoms. The quantitative estimate of drug-likeness (QED) is 0.405. The van der Waals surface area contributed by atoms with Crippen molar-refractivity contribution in [3.63, 3.8) is 0 Å². The molecule has 1 N–H and O–H groups in total. The Hall–Kier alpha value is 0.01000. The Morgan fingerprint density at radius 1 is 1.27 bits per heavy atom. The first-order valence-electron chi connectivity index (χ1n) is 2.86. The number of hydrogen-bond donors (Lipinski definition) is 1. The number of aliphatic carboxylic acids is 1. The molecule has 0 saturated heterocycles. The van der Waals surface area contributed by atoms with E-state index in [1.54, 1.807) is 0 Å². The van der Waals surface area contributed by atoms with Crippen LogP contribution in [0.25, 0.3) is 0 Å². The van der Waals surface area contributed by atoms with Crippen LogP contribution >= 0.6 is 0 Å². The molecule has 0 aromatic carbocycles. The van der Waals surface area contributed by atoms with Crippen LogP contribution in [0, 0.1) is 0 Å². The summed E-state index contributed by atoms with van der Waals surface area (Å²) in [6.07, 6.45) is -10.4. The van der Waals surface area contributed by atoms with Gasteiger partial charge in [-0.05, 0) is 6.92 Å². The fraction of sp³-hybridized carbons (Fsp3) is 0.800.